The highest BCUT2D eigenvalue weighted by molar-refractivity contribution is 5.94. The van der Waals surface area contributed by atoms with Gasteiger partial charge in [-0.2, -0.15) is 0 Å². The number of esters is 1. The van der Waals surface area contributed by atoms with Crippen molar-refractivity contribution in [1.82, 2.24) is 0 Å². The minimum Gasteiger partial charge on any atom is -0.458 e. The molecule has 6 rings (SSSR count). The molecule has 5 fully saturated rings. The summed E-state index contributed by atoms with van der Waals surface area (Å²) in [5.74, 6) is -1.44. The van der Waals surface area contributed by atoms with Gasteiger partial charge in [-0.1, -0.05) is 6.92 Å². The topological polar surface area (TPSA) is 117 Å². The number of aliphatic hydroxyl groups excluding tert-OH is 2. The lowest BCUT2D eigenvalue weighted by Gasteiger charge is -2.62. The third-order valence-corrected chi connectivity index (χ3v) is 10.2. The Morgan fingerprint density at radius 1 is 1.10 bits per heavy atom. The third-order valence-electron chi connectivity index (χ3n) is 10.2. The number of aliphatic hydroxyl groups is 3. The molecule has 1 spiro atoms. The Kier molecular flexibility index (Phi) is 3.59. The average Bonchev–Trinajstić information content (AvgIpc) is 3.14. The van der Waals surface area contributed by atoms with E-state index in [0.29, 0.717) is 32.1 Å². The van der Waals surface area contributed by atoms with Crippen molar-refractivity contribution in [2.45, 2.75) is 81.9 Å². The highest BCUT2D eigenvalue weighted by atomic mass is 16.6. The summed E-state index contributed by atoms with van der Waals surface area (Å²) in [6.45, 7) is 3.99. The van der Waals surface area contributed by atoms with Crippen LogP contribution in [-0.4, -0.2) is 63.2 Å². The normalized spacial score (nSPS) is 58.9. The van der Waals surface area contributed by atoms with Gasteiger partial charge in [0.05, 0.1) is 17.6 Å². The number of cyclic esters (lactones) is 1. The van der Waals surface area contributed by atoms with E-state index in [2.05, 4.69) is 6.92 Å². The monoisotopic (exact) mass is 418 g/mol. The largest absolute Gasteiger partial charge is 0.458 e. The number of hydrogen-bond acceptors (Lipinski definition) is 7. The predicted molar refractivity (Wildman–Crippen MR) is 103 cm³/mol. The van der Waals surface area contributed by atoms with Crippen molar-refractivity contribution >= 4 is 11.8 Å². The zero-order valence-corrected chi connectivity index (χ0v) is 17.5. The minimum atomic E-state index is -1.40. The Hall–Kier alpha value is -1.28. The summed E-state index contributed by atoms with van der Waals surface area (Å²) in [7, 11) is 0. The van der Waals surface area contributed by atoms with Crippen LogP contribution in [0.15, 0.2) is 11.6 Å². The van der Waals surface area contributed by atoms with Crippen molar-refractivity contribution in [3.05, 3.63) is 11.6 Å². The zero-order valence-electron chi connectivity index (χ0n) is 17.5. The fourth-order valence-electron chi connectivity index (χ4n) is 8.61. The molecule has 7 heteroatoms. The summed E-state index contributed by atoms with van der Waals surface area (Å²) in [4.78, 5) is 25.5. The van der Waals surface area contributed by atoms with E-state index >= 15 is 0 Å². The summed E-state index contributed by atoms with van der Waals surface area (Å²) in [5.41, 5.74) is -3.21. The SMILES string of the molecule is C[C@]12CC[C@H](O)C[C@H]1CC1O[C@]13C2C(O)C(=O)[C@]1(C)[C@@H](C2=CC(=O)OC2)CC[C@]31O. The maximum Gasteiger partial charge on any atom is 0.331 e. The Balaban J connectivity index is 1.47. The first-order valence-electron chi connectivity index (χ1n) is 11.3. The minimum absolute atomic E-state index is 0.136. The van der Waals surface area contributed by atoms with Crippen LogP contribution in [0.4, 0.5) is 0 Å². The number of fused-ring (bicyclic) bond motifs is 3. The van der Waals surface area contributed by atoms with Crippen molar-refractivity contribution in [1.29, 1.82) is 0 Å². The molecule has 0 aromatic rings. The molecule has 2 aliphatic heterocycles. The Morgan fingerprint density at radius 3 is 2.57 bits per heavy atom. The fourth-order valence-corrected chi connectivity index (χ4v) is 8.61. The summed E-state index contributed by atoms with van der Waals surface area (Å²) in [5, 5.41) is 33.9. The molecule has 2 heterocycles. The maximum atomic E-state index is 13.8. The van der Waals surface area contributed by atoms with Gasteiger partial charge >= 0.3 is 5.97 Å². The summed E-state index contributed by atoms with van der Waals surface area (Å²) in [6.07, 6.45) is 3.30. The van der Waals surface area contributed by atoms with Crippen molar-refractivity contribution < 1.29 is 34.4 Å². The van der Waals surface area contributed by atoms with Gasteiger partial charge < -0.3 is 24.8 Å². The Morgan fingerprint density at radius 2 is 1.87 bits per heavy atom. The lowest BCUT2D eigenvalue weighted by Crippen LogP contribution is -2.75. The molecule has 0 aromatic heterocycles. The highest BCUT2D eigenvalue weighted by Gasteiger charge is 2.88. The van der Waals surface area contributed by atoms with Gasteiger partial charge in [-0.05, 0) is 68.3 Å². The lowest BCUT2D eigenvalue weighted by atomic mass is 9.41. The number of Topliss-reactive ketones (excluding diaryl/α,β-unsaturated/α-hetero) is 1. The molecule has 164 valence electrons. The molecule has 0 bridgehead atoms. The van der Waals surface area contributed by atoms with E-state index in [4.69, 9.17) is 9.47 Å². The summed E-state index contributed by atoms with van der Waals surface area (Å²) in [6, 6.07) is 0. The van der Waals surface area contributed by atoms with Crippen LogP contribution in [-0.2, 0) is 19.1 Å². The molecule has 4 saturated carbocycles. The molecule has 30 heavy (non-hydrogen) atoms. The van der Waals surface area contributed by atoms with E-state index in [1.807, 2.05) is 0 Å². The van der Waals surface area contributed by atoms with E-state index in [0.717, 1.165) is 12.0 Å². The van der Waals surface area contributed by atoms with Crippen LogP contribution in [0.25, 0.3) is 0 Å². The van der Waals surface area contributed by atoms with Crippen LogP contribution in [0.2, 0.25) is 0 Å². The molecule has 0 amide bonds. The second-order valence-electron chi connectivity index (χ2n) is 11.0. The first-order valence-corrected chi connectivity index (χ1v) is 11.3. The number of hydrogen-bond donors (Lipinski definition) is 3. The standard InChI is InChI=1S/C23H30O7/c1-20-5-3-13(24)8-12(20)9-15-23(30-15)18(20)17(26)19(27)21(2)14(4-6-22(21,23)28)11-7-16(25)29-10-11/h7,12-15,17-18,24,26,28H,3-6,8-10H2,1-2H3/t12-,13-,14+,15?,17?,18?,20-,21-,22+,23-/m0/s1. The van der Waals surface area contributed by atoms with Crippen molar-refractivity contribution in [2.24, 2.45) is 28.6 Å². The molecule has 3 unspecified atom stereocenters. The Bertz CT molecular complexity index is 883. The fraction of sp³-hybridized carbons (Fsp3) is 0.826. The first kappa shape index (κ1) is 19.4. The summed E-state index contributed by atoms with van der Waals surface area (Å²) >= 11 is 0. The number of carbonyl (C=O) groups excluding carboxylic acids is 2. The number of rotatable bonds is 1. The van der Waals surface area contributed by atoms with Gasteiger partial charge in [0.2, 0.25) is 0 Å². The van der Waals surface area contributed by atoms with Gasteiger partial charge in [-0.3, -0.25) is 4.79 Å². The number of epoxide rings is 1. The third kappa shape index (κ3) is 1.89. The number of carbonyl (C=O) groups is 2. The molecule has 7 nitrogen and oxygen atoms in total. The second kappa shape index (κ2) is 5.55. The van der Waals surface area contributed by atoms with E-state index in [1.54, 1.807) is 6.92 Å². The molecular weight excluding hydrogens is 388 g/mol. The highest BCUT2D eigenvalue weighted by Crippen LogP contribution is 2.76. The molecule has 3 N–H and O–H groups in total. The molecule has 0 radical (unpaired) electrons. The van der Waals surface area contributed by atoms with Crippen molar-refractivity contribution in [2.75, 3.05) is 6.61 Å². The van der Waals surface area contributed by atoms with E-state index in [-0.39, 0.29) is 41.8 Å². The lowest BCUT2D eigenvalue weighted by molar-refractivity contribution is -0.226. The quantitative estimate of drug-likeness (QED) is 0.428. The molecule has 4 aliphatic carbocycles. The van der Waals surface area contributed by atoms with Crippen LogP contribution in [0.5, 0.6) is 0 Å². The maximum absolute atomic E-state index is 13.8. The van der Waals surface area contributed by atoms with Gasteiger partial charge in [0.15, 0.2) is 5.78 Å². The first-order chi connectivity index (χ1) is 14.1. The van der Waals surface area contributed by atoms with Crippen LogP contribution in [0.1, 0.15) is 52.4 Å². The molecule has 1 saturated heterocycles. The van der Waals surface area contributed by atoms with Crippen LogP contribution in [0.3, 0.4) is 0 Å². The van der Waals surface area contributed by atoms with Crippen molar-refractivity contribution in [3.8, 4) is 0 Å². The molecular formula is C23H30O7. The van der Waals surface area contributed by atoms with Crippen molar-refractivity contribution in [3.63, 3.8) is 0 Å². The van der Waals surface area contributed by atoms with E-state index in [9.17, 15) is 24.9 Å². The van der Waals surface area contributed by atoms with Crippen LogP contribution < -0.4 is 0 Å². The Labute approximate surface area is 175 Å². The average molecular weight is 418 g/mol. The van der Waals surface area contributed by atoms with Gasteiger partial charge in [-0.25, -0.2) is 4.79 Å². The second-order valence-corrected chi connectivity index (χ2v) is 11.0. The molecule has 10 atom stereocenters. The van der Waals surface area contributed by atoms with E-state index < -0.39 is 34.6 Å². The zero-order chi connectivity index (χ0) is 21.3. The summed E-state index contributed by atoms with van der Waals surface area (Å²) < 4.78 is 11.4. The molecule has 6 aliphatic rings. The number of ketones is 1. The van der Waals surface area contributed by atoms with Gasteiger partial charge in [-0.15, -0.1) is 0 Å². The van der Waals surface area contributed by atoms with Gasteiger partial charge in [0.1, 0.15) is 23.9 Å². The molecule has 0 aromatic carbocycles. The number of ether oxygens (including phenoxy) is 2. The van der Waals surface area contributed by atoms with Gasteiger partial charge in [0, 0.05) is 12.0 Å². The van der Waals surface area contributed by atoms with Gasteiger partial charge in [0.25, 0.3) is 0 Å². The van der Waals surface area contributed by atoms with E-state index in [1.165, 1.54) is 6.08 Å². The van der Waals surface area contributed by atoms with Crippen LogP contribution >= 0.6 is 0 Å². The van der Waals surface area contributed by atoms with Crippen LogP contribution in [0, 0.1) is 28.6 Å². The predicted octanol–water partition coefficient (Wildman–Crippen LogP) is 0.885. The smallest absolute Gasteiger partial charge is 0.331 e.